The maximum atomic E-state index is 5.73. The van der Waals surface area contributed by atoms with E-state index in [-0.39, 0.29) is 4.83 Å². The second-order valence-electron chi connectivity index (χ2n) is 4.13. The van der Waals surface area contributed by atoms with Gasteiger partial charge in [0.05, 0.1) is 29.3 Å². The molecule has 1 aliphatic heterocycles. The molecule has 0 amide bonds. The van der Waals surface area contributed by atoms with E-state index in [1.54, 1.807) is 0 Å². The molecule has 0 N–H and O–H groups in total. The molecule has 0 saturated carbocycles. The standard InChI is InChI=1S/C10H16BrN3O/c1-7-3-4-9(15-7)5-14-6-10(8(2)11)12-13-14/h6-9H,3-5H2,1-2H3. The highest BCUT2D eigenvalue weighted by atomic mass is 79.9. The molecule has 4 nitrogen and oxygen atoms in total. The van der Waals surface area contributed by atoms with Crippen molar-refractivity contribution in [2.45, 2.75) is 50.3 Å². The van der Waals surface area contributed by atoms with Crippen molar-refractivity contribution in [3.8, 4) is 0 Å². The van der Waals surface area contributed by atoms with Crippen LogP contribution in [0.2, 0.25) is 0 Å². The van der Waals surface area contributed by atoms with Gasteiger partial charge in [0, 0.05) is 6.20 Å². The lowest BCUT2D eigenvalue weighted by molar-refractivity contribution is 0.0434. The Hall–Kier alpha value is -0.420. The molecule has 0 radical (unpaired) electrons. The average Bonchev–Trinajstić information content (AvgIpc) is 2.76. The zero-order valence-corrected chi connectivity index (χ0v) is 10.6. The largest absolute Gasteiger partial charge is 0.373 e. The van der Waals surface area contributed by atoms with Crippen molar-refractivity contribution in [1.82, 2.24) is 15.0 Å². The van der Waals surface area contributed by atoms with E-state index in [1.165, 1.54) is 0 Å². The Morgan fingerprint density at radius 1 is 1.67 bits per heavy atom. The van der Waals surface area contributed by atoms with Crippen molar-refractivity contribution in [3.63, 3.8) is 0 Å². The van der Waals surface area contributed by atoms with Gasteiger partial charge in [-0.2, -0.15) is 0 Å². The Bertz CT molecular complexity index is 326. The SMILES string of the molecule is CC1CCC(Cn2cc(C(C)Br)nn2)O1. The first-order chi connectivity index (χ1) is 7.15. The number of rotatable bonds is 3. The topological polar surface area (TPSA) is 39.9 Å². The molecular weight excluding hydrogens is 258 g/mol. The summed E-state index contributed by atoms with van der Waals surface area (Å²) in [6, 6.07) is 0. The number of nitrogens with zero attached hydrogens (tertiary/aromatic N) is 3. The molecule has 0 spiro atoms. The van der Waals surface area contributed by atoms with E-state index in [0.29, 0.717) is 12.2 Å². The molecular formula is C10H16BrN3O. The molecule has 0 aromatic carbocycles. The smallest absolute Gasteiger partial charge is 0.0960 e. The van der Waals surface area contributed by atoms with Crippen LogP contribution < -0.4 is 0 Å². The van der Waals surface area contributed by atoms with Gasteiger partial charge in [-0.1, -0.05) is 21.1 Å². The average molecular weight is 274 g/mol. The van der Waals surface area contributed by atoms with Crippen molar-refractivity contribution in [1.29, 1.82) is 0 Å². The molecule has 3 atom stereocenters. The Morgan fingerprint density at radius 3 is 3.00 bits per heavy atom. The molecule has 1 aliphatic rings. The lowest BCUT2D eigenvalue weighted by Gasteiger charge is -2.09. The Kier molecular flexibility index (Phi) is 3.41. The van der Waals surface area contributed by atoms with Crippen LogP contribution in [0.3, 0.4) is 0 Å². The maximum absolute atomic E-state index is 5.73. The number of ether oxygens (including phenoxy) is 1. The molecule has 15 heavy (non-hydrogen) atoms. The van der Waals surface area contributed by atoms with Crippen molar-refractivity contribution < 1.29 is 4.74 Å². The molecule has 1 aromatic rings. The van der Waals surface area contributed by atoms with Gasteiger partial charge in [0.1, 0.15) is 0 Å². The van der Waals surface area contributed by atoms with Gasteiger partial charge in [-0.15, -0.1) is 5.10 Å². The van der Waals surface area contributed by atoms with Gasteiger partial charge in [0.25, 0.3) is 0 Å². The lowest BCUT2D eigenvalue weighted by atomic mass is 10.2. The van der Waals surface area contributed by atoms with Gasteiger partial charge < -0.3 is 4.74 Å². The fourth-order valence-electron chi connectivity index (χ4n) is 1.81. The first-order valence-electron chi connectivity index (χ1n) is 5.34. The third kappa shape index (κ3) is 2.78. The fraction of sp³-hybridized carbons (Fsp3) is 0.800. The van der Waals surface area contributed by atoms with E-state index in [9.17, 15) is 0 Å². The van der Waals surface area contributed by atoms with Gasteiger partial charge in [-0.25, -0.2) is 4.68 Å². The molecule has 3 unspecified atom stereocenters. The number of hydrogen-bond donors (Lipinski definition) is 0. The van der Waals surface area contributed by atoms with E-state index in [0.717, 1.165) is 25.1 Å². The summed E-state index contributed by atoms with van der Waals surface area (Å²) in [4.78, 5) is 0.259. The summed E-state index contributed by atoms with van der Waals surface area (Å²) < 4.78 is 7.61. The maximum Gasteiger partial charge on any atom is 0.0960 e. The van der Waals surface area contributed by atoms with Gasteiger partial charge in [0.15, 0.2) is 0 Å². The van der Waals surface area contributed by atoms with E-state index in [2.05, 4.69) is 33.2 Å². The minimum atomic E-state index is 0.259. The Labute approximate surface area is 98.1 Å². The minimum Gasteiger partial charge on any atom is -0.373 e. The van der Waals surface area contributed by atoms with Gasteiger partial charge in [-0.05, 0) is 26.7 Å². The predicted octanol–water partition coefficient (Wildman–Crippen LogP) is 2.30. The van der Waals surface area contributed by atoms with Crippen LogP contribution >= 0.6 is 15.9 Å². The molecule has 84 valence electrons. The lowest BCUT2D eigenvalue weighted by Crippen LogP contribution is -2.16. The van der Waals surface area contributed by atoms with Crippen molar-refractivity contribution in [2.75, 3.05) is 0 Å². The van der Waals surface area contributed by atoms with Crippen LogP contribution in [0, 0.1) is 0 Å². The third-order valence-corrected chi connectivity index (χ3v) is 3.14. The van der Waals surface area contributed by atoms with Gasteiger partial charge in [0.2, 0.25) is 0 Å². The second kappa shape index (κ2) is 4.61. The molecule has 1 fully saturated rings. The first-order valence-corrected chi connectivity index (χ1v) is 6.26. The van der Waals surface area contributed by atoms with Crippen molar-refractivity contribution >= 4 is 15.9 Å². The summed E-state index contributed by atoms with van der Waals surface area (Å²) in [6.07, 6.45) is 4.96. The Morgan fingerprint density at radius 2 is 2.47 bits per heavy atom. The molecule has 0 bridgehead atoms. The van der Waals surface area contributed by atoms with Crippen LogP contribution in [0.5, 0.6) is 0 Å². The summed E-state index contributed by atoms with van der Waals surface area (Å²) >= 11 is 3.47. The van der Waals surface area contributed by atoms with E-state index in [4.69, 9.17) is 4.74 Å². The highest BCUT2D eigenvalue weighted by Crippen LogP contribution is 2.21. The van der Waals surface area contributed by atoms with Crippen LogP contribution in [0.15, 0.2) is 6.20 Å². The highest BCUT2D eigenvalue weighted by molar-refractivity contribution is 9.09. The van der Waals surface area contributed by atoms with Crippen LogP contribution in [-0.4, -0.2) is 27.2 Å². The summed E-state index contributed by atoms with van der Waals surface area (Å²) in [7, 11) is 0. The zero-order chi connectivity index (χ0) is 10.8. The van der Waals surface area contributed by atoms with Gasteiger partial charge in [-0.3, -0.25) is 0 Å². The summed E-state index contributed by atoms with van der Waals surface area (Å²) in [5.74, 6) is 0. The molecule has 1 aromatic heterocycles. The number of halogens is 1. The highest BCUT2D eigenvalue weighted by Gasteiger charge is 2.22. The van der Waals surface area contributed by atoms with Gasteiger partial charge >= 0.3 is 0 Å². The van der Waals surface area contributed by atoms with Crippen LogP contribution in [0.4, 0.5) is 0 Å². The molecule has 2 rings (SSSR count). The van der Waals surface area contributed by atoms with Crippen LogP contribution in [0.1, 0.15) is 37.2 Å². The fourth-order valence-corrected chi connectivity index (χ4v) is 2.02. The summed E-state index contributed by atoms with van der Waals surface area (Å²) in [5.41, 5.74) is 0.973. The van der Waals surface area contributed by atoms with E-state index in [1.807, 2.05) is 17.8 Å². The van der Waals surface area contributed by atoms with Crippen LogP contribution in [-0.2, 0) is 11.3 Å². The predicted molar refractivity (Wildman–Crippen MR) is 60.9 cm³/mol. The van der Waals surface area contributed by atoms with Crippen LogP contribution in [0.25, 0.3) is 0 Å². The van der Waals surface area contributed by atoms with E-state index < -0.39 is 0 Å². The number of hydrogen-bond acceptors (Lipinski definition) is 3. The quantitative estimate of drug-likeness (QED) is 0.794. The van der Waals surface area contributed by atoms with E-state index >= 15 is 0 Å². The second-order valence-corrected chi connectivity index (χ2v) is 5.50. The normalized spacial score (nSPS) is 28.2. The monoisotopic (exact) mass is 273 g/mol. The number of alkyl halides is 1. The van der Waals surface area contributed by atoms with Crippen molar-refractivity contribution in [3.05, 3.63) is 11.9 Å². The zero-order valence-electron chi connectivity index (χ0n) is 9.06. The van der Waals surface area contributed by atoms with Crippen molar-refractivity contribution in [2.24, 2.45) is 0 Å². The molecule has 0 aliphatic carbocycles. The molecule has 5 heteroatoms. The summed E-state index contributed by atoms with van der Waals surface area (Å²) in [6.45, 7) is 4.98. The Balaban J connectivity index is 1.93. The summed E-state index contributed by atoms with van der Waals surface area (Å²) in [5, 5.41) is 8.17. The first kappa shape index (κ1) is 11.1. The minimum absolute atomic E-state index is 0.259. The molecule has 2 heterocycles. The third-order valence-electron chi connectivity index (χ3n) is 2.67. The number of aromatic nitrogens is 3. The molecule has 1 saturated heterocycles.